The molecule has 0 radical (unpaired) electrons. The molecule has 0 amide bonds. The molecule has 27 heavy (non-hydrogen) atoms. The number of nitrogens with zero attached hydrogens (tertiary/aromatic N) is 4. The molecule has 0 aliphatic rings. The summed E-state index contributed by atoms with van der Waals surface area (Å²) in [7, 11) is 3.36. The van der Waals surface area contributed by atoms with E-state index in [-0.39, 0.29) is 6.54 Å². The van der Waals surface area contributed by atoms with Crippen LogP contribution in [0, 0.1) is 5.92 Å². The third-order valence-corrected chi connectivity index (χ3v) is 5.09. The molecular formula is C18H21Cl2N5O2. The van der Waals surface area contributed by atoms with Gasteiger partial charge in [-0.05, 0) is 23.6 Å². The van der Waals surface area contributed by atoms with Gasteiger partial charge in [-0.1, -0.05) is 43.1 Å². The topological polar surface area (TPSA) is 73.8 Å². The van der Waals surface area contributed by atoms with Crippen LogP contribution in [0.5, 0.6) is 0 Å². The summed E-state index contributed by atoms with van der Waals surface area (Å²) in [5.41, 5.74) is 0.592. The fraction of sp³-hybridized carbons (Fsp3) is 0.389. The molecule has 0 atom stereocenters. The minimum Gasteiger partial charge on any atom is -0.355 e. The first-order valence-electron chi connectivity index (χ1n) is 8.54. The number of nitrogens with one attached hydrogen (secondary N) is 1. The van der Waals surface area contributed by atoms with Crippen LogP contribution in [0.25, 0.3) is 11.2 Å². The molecule has 7 nitrogen and oxygen atoms in total. The maximum atomic E-state index is 13.0. The Balaban J connectivity index is 2.14. The van der Waals surface area contributed by atoms with Crippen LogP contribution in [0.1, 0.15) is 19.4 Å². The first kappa shape index (κ1) is 19.5. The number of aromatic nitrogens is 4. The predicted molar refractivity (Wildman–Crippen MR) is 109 cm³/mol. The lowest BCUT2D eigenvalue weighted by Gasteiger charge is -2.10. The second-order valence-corrected chi connectivity index (χ2v) is 7.74. The van der Waals surface area contributed by atoms with Crippen molar-refractivity contribution in [2.24, 2.45) is 20.0 Å². The summed E-state index contributed by atoms with van der Waals surface area (Å²) in [5.74, 6) is 0.970. The second kappa shape index (κ2) is 7.40. The van der Waals surface area contributed by atoms with Gasteiger partial charge < -0.3 is 9.88 Å². The van der Waals surface area contributed by atoms with E-state index in [1.54, 1.807) is 36.9 Å². The standard InChI is InChI=1S/C18H21Cl2N5O2/c1-10(2)8-21-17-22-15-14(23(17)3)16(26)25(18(27)24(15)4)9-11-5-6-12(19)13(20)7-11/h5-7,10H,8-9H2,1-4H3,(H,21,22). The number of hydrogen-bond donors (Lipinski definition) is 1. The first-order chi connectivity index (χ1) is 12.7. The molecule has 0 saturated carbocycles. The summed E-state index contributed by atoms with van der Waals surface area (Å²) in [4.78, 5) is 30.2. The van der Waals surface area contributed by atoms with Gasteiger partial charge in [0.05, 0.1) is 16.6 Å². The summed E-state index contributed by atoms with van der Waals surface area (Å²) in [6.07, 6.45) is 0. The van der Waals surface area contributed by atoms with E-state index in [0.29, 0.717) is 45.2 Å². The molecular weight excluding hydrogens is 389 g/mol. The Morgan fingerprint density at radius 2 is 1.81 bits per heavy atom. The molecule has 144 valence electrons. The lowest BCUT2D eigenvalue weighted by Crippen LogP contribution is -2.39. The quantitative estimate of drug-likeness (QED) is 0.702. The Bertz CT molecular complexity index is 1130. The van der Waals surface area contributed by atoms with Gasteiger partial charge in [-0.15, -0.1) is 0 Å². The van der Waals surface area contributed by atoms with Crippen molar-refractivity contribution >= 4 is 40.3 Å². The van der Waals surface area contributed by atoms with Crippen molar-refractivity contribution < 1.29 is 0 Å². The molecule has 1 N–H and O–H groups in total. The summed E-state index contributed by atoms with van der Waals surface area (Å²) in [5, 5.41) is 4.01. The lowest BCUT2D eigenvalue weighted by atomic mass is 10.2. The van der Waals surface area contributed by atoms with Crippen molar-refractivity contribution in [2.75, 3.05) is 11.9 Å². The van der Waals surface area contributed by atoms with Crippen molar-refractivity contribution in [2.45, 2.75) is 20.4 Å². The number of benzene rings is 1. The van der Waals surface area contributed by atoms with Gasteiger partial charge in [0.15, 0.2) is 11.2 Å². The summed E-state index contributed by atoms with van der Waals surface area (Å²) >= 11 is 12.0. The van der Waals surface area contributed by atoms with Crippen molar-refractivity contribution in [3.8, 4) is 0 Å². The number of fused-ring (bicyclic) bond motifs is 1. The minimum atomic E-state index is -0.438. The number of rotatable bonds is 5. The number of halogens is 2. The monoisotopic (exact) mass is 409 g/mol. The minimum absolute atomic E-state index is 0.0955. The van der Waals surface area contributed by atoms with Crippen LogP contribution in [0.3, 0.4) is 0 Å². The number of hydrogen-bond acceptors (Lipinski definition) is 4. The zero-order valence-corrected chi connectivity index (χ0v) is 17.1. The molecule has 3 aromatic rings. The van der Waals surface area contributed by atoms with Gasteiger partial charge in [0.1, 0.15) is 0 Å². The Morgan fingerprint density at radius 1 is 1.11 bits per heavy atom. The third kappa shape index (κ3) is 3.61. The van der Waals surface area contributed by atoms with Crippen LogP contribution < -0.4 is 16.6 Å². The van der Waals surface area contributed by atoms with Gasteiger partial charge >= 0.3 is 5.69 Å². The van der Waals surface area contributed by atoms with E-state index in [1.165, 1.54) is 9.13 Å². The molecule has 0 bridgehead atoms. The van der Waals surface area contributed by atoms with Gasteiger partial charge in [0, 0.05) is 20.6 Å². The molecule has 0 aliphatic heterocycles. The lowest BCUT2D eigenvalue weighted by molar-refractivity contribution is 0.655. The van der Waals surface area contributed by atoms with Crippen LogP contribution in [0.4, 0.5) is 5.95 Å². The normalized spacial score (nSPS) is 11.5. The molecule has 9 heteroatoms. The van der Waals surface area contributed by atoms with Gasteiger partial charge in [-0.3, -0.25) is 13.9 Å². The average molecular weight is 410 g/mol. The summed E-state index contributed by atoms with van der Waals surface area (Å²) in [6, 6.07) is 5.03. The van der Waals surface area contributed by atoms with Crippen LogP contribution in [0.15, 0.2) is 27.8 Å². The maximum Gasteiger partial charge on any atom is 0.332 e. The molecule has 3 rings (SSSR count). The largest absolute Gasteiger partial charge is 0.355 e. The number of imidazole rings is 1. The van der Waals surface area contributed by atoms with E-state index in [4.69, 9.17) is 23.2 Å². The van der Waals surface area contributed by atoms with E-state index in [1.807, 2.05) is 0 Å². The van der Waals surface area contributed by atoms with Gasteiger partial charge in [0.2, 0.25) is 5.95 Å². The Labute approximate surface area is 166 Å². The zero-order valence-electron chi connectivity index (χ0n) is 15.6. The Morgan fingerprint density at radius 3 is 2.44 bits per heavy atom. The summed E-state index contributed by atoms with van der Waals surface area (Å²) < 4.78 is 4.25. The van der Waals surface area contributed by atoms with E-state index >= 15 is 0 Å². The van der Waals surface area contributed by atoms with Crippen molar-refractivity contribution in [1.29, 1.82) is 0 Å². The van der Waals surface area contributed by atoms with E-state index in [2.05, 4.69) is 24.1 Å². The SMILES string of the molecule is CC(C)CNc1nc2c(c(=O)n(Cc3ccc(Cl)c(Cl)c3)c(=O)n2C)n1C. The van der Waals surface area contributed by atoms with Crippen LogP contribution in [0.2, 0.25) is 10.0 Å². The second-order valence-electron chi connectivity index (χ2n) is 6.92. The predicted octanol–water partition coefficient (Wildman–Crippen LogP) is 2.86. The Kier molecular flexibility index (Phi) is 5.35. The van der Waals surface area contributed by atoms with Gasteiger partial charge in [0.25, 0.3) is 5.56 Å². The Hall–Kier alpha value is -2.25. The molecule has 0 saturated heterocycles. The molecule has 0 unspecified atom stereocenters. The maximum absolute atomic E-state index is 13.0. The van der Waals surface area contributed by atoms with Crippen LogP contribution in [-0.4, -0.2) is 25.2 Å². The number of anilines is 1. The fourth-order valence-corrected chi connectivity index (χ4v) is 3.18. The van der Waals surface area contributed by atoms with Crippen LogP contribution in [-0.2, 0) is 20.6 Å². The smallest absolute Gasteiger partial charge is 0.332 e. The fourth-order valence-electron chi connectivity index (χ4n) is 2.86. The van der Waals surface area contributed by atoms with Crippen molar-refractivity contribution in [3.63, 3.8) is 0 Å². The van der Waals surface area contributed by atoms with E-state index in [9.17, 15) is 9.59 Å². The number of aryl methyl sites for hydroxylation is 2. The highest BCUT2D eigenvalue weighted by Crippen LogP contribution is 2.23. The van der Waals surface area contributed by atoms with E-state index in [0.717, 1.165) is 0 Å². The van der Waals surface area contributed by atoms with Crippen molar-refractivity contribution in [1.82, 2.24) is 18.7 Å². The molecule has 0 spiro atoms. The molecule has 2 aromatic heterocycles. The first-order valence-corrected chi connectivity index (χ1v) is 9.30. The molecule has 1 aromatic carbocycles. The van der Waals surface area contributed by atoms with Crippen LogP contribution >= 0.6 is 23.2 Å². The molecule has 0 fully saturated rings. The highest BCUT2D eigenvalue weighted by molar-refractivity contribution is 6.42. The zero-order chi connectivity index (χ0) is 19.9. The highest BCUT2D eigenvalue weighted by atomic mass is 35.5. The van der Waals surface area contributed by atoms with Crippen molar-refractivity contribution in [3.05, 3.63) is 54.6 Å². The van der Waals surface area contributed by atoms with E-state index < -0.39 is 11.2 Å². The molecule has 2 heterocycles. The summed E-state index contributed by atoms with van der Waals surface area (Å²) in [6.45, 7) is 4.96. The average Bonchev–Trinajstić information content (AvgIpc) is 2.95. The third-order valence-electron chi connectivity index (χ3n) is 4.35. The van der Waals surface area contributed by atoms with Gasteiger partial charge in [-0.2, -0.15) is 4.98 Å². The van der Waals surface area contributed by atoms with Gasteiger partial charge in [-0.25, -0.2) is 4.79 Å². The molecule has 0 aliphatic carbocycles. The highest BCUT2D eigenvalue weighted by Gasteiger charge is 2.18.